The Bertz CT molecular complexity index is 1520. The highest BCUT2D eigenvalue weighted by Crippen LogP contribution is 2.24. The maximum absolute atomic E-state index is 12.8. The van der Waals surface area contributed by atoms with Crippen LogP contribution in [0.1, 0.15) is 11.4 Å². The molecule has 1 fully saturated rings. The first-order valence-corrected chi connectivity index (χ1v) is 14.2. The first-order valence-electron chi connectivity index (χ1n) is 11.3. The Hall–Kier alpha value is -3.21. The van der Waals surface area contributed by atoms with Gasteiger partial charge in [0, 0.05) is 65.4 Å². The highest BCUT2D eigenvalue weighted by Gasteiger charge is 2.28. The lowest BCUT2D eigenvalue weighted by atomic mass is 10.2. The largest absolute Gasteiger partial charge is 0.347 e. The van der Waals surface area contributed by atoms with E-state index in [2.05, 4.69) is 4.98 Å². The van der Waals surface area contributed by atoms with Crippen molar-refractivity contribution in [2.45, 2.75) is 23.6 Å². The van der Waals surface area contributed by atoms with Gasteiger partial charge >= 0.3 is 0 Å². The number of nitrogens with zero attached hydrogens (tertiary/aromatic N) is 4. The average Bonchev–Trinajstić information content (AvgIpc) is 3.51. The molecule has 0 spiro atoms. The smallest absolute Gasteiger partial charge is 0.246 e. The number of thiazole rings is 1. The molecular formula is C25H23ClN4O4S2. The Morgan fingerprint density at radius 3 is 2.61 bits per heavy atom. The van der Waals surface area contributed by atoms with Crippen LogP contribution in [0.25, 0.3) is 10.9 Å². The van der Waals surface area contributed by atoms with E-state index >= 15 is 0 Å². The van der Waals surface area contributed by atoms with Crippen LogP contribution in [0.15, 0.2) is 71.2 Å². The second kappa shape index (κ2) is 10.0. The van der Waals surface area contributed by atoms with Crippen molar-refractivity contribution in [2.75, 3.05) is 24.5 Å². The molecule has 0 saturated carbocycles. The van der Waals surface area contributed by atoms with Crippen LogP contribution in [0.5, 0.6) is 0 Å². The molecular weight excluding hydrogens is 520 g/mol. The highest BCUT2D eigenvalue weighted by atomic mass is 35.5. The molecule has 8 nitrogen and oxygen atoms in total. The summed E-state index contributed by atoms with van der Waals surface area (Å²) in [5, 5.41) is 3.95. The molecule has 0 aliphatic carbocycles. The number of carbonyl (C=O) groups is 2. The van der Waals surface area contributed by atoms with E-state index in [1.54, 1.807) is 33.5 Å². The van der Waals surface area contributed by atoms with Crippen LogP contribution < -0.4 is 4.90 Å². The van der Waals surface area contributed by atoms with Crippen molar-refractivity contribution < 1.29 is 18.0 Å². The normalized spacial score (nSPS) is 14.5. The maximum Gasteiger partial charge on any atom is 0.246 e. The third-order valence-corrected chi connectivity index (χ3v) is 9.02. The Labute approximate surface area is 217 Å². The van der Waals surface area contributed by atoms with E-state index in [1.807, 2.05) is 35.0 Å². The number of aryl methyl sites for hydroxylation is 1. The summed E-state index contributed by atoms with van der Waals surface area (Å²) in [5.41, 5.74) is 1.61. The Morgan fingerprint density at radius 1 is 1.08 bits per heavy atom. The van der Waals surface area contributed by atoms with Crippen LogP contribution in [0.3, 0.4) is 0 Å². The van der Waals surface area contributed by atoms with Crippen molar-refractivity contribution >= 4 is 61.2 Å². The van der Waals surface area contributed by atoms with Crippen molar-refractivity contribution in [1.82, 2.24) is 14.5 Å². The summed E-state index contributed by atoms with van der Waals surface area (Å²) in [4.78, 5) is 33.0. The molecule has 0 radical (unpaired) electrons. The molecule has 11 heteroatoms. The fraction of sp³-hybridized carbons (Fsp3) is 0.240. The fourth-order valence-electron chi connectivity index (χ4n) is 4.30. The molecule has 1 aliphatic heterocycles. The molecule has 5 rings (SSSR count). The molecule has 36 heavy (non-hydrogen) atoms. The quantitative estimate of drug-likeness (QED) is 0.352. The molecule has 0 unspecified atom stereocenters. The van der Waals surface area contributed by atoms with Gasteiger partial charge in [-0.25, -0.2) is 13.4 Å². The number of fused-ring (bicyclic) bond motifs is 1. The van der Waals surface area contributed by atoms with Gasteiger partial charge in [-0.2, -0.15) is 0 Å². The molecule has 2 amide bonds. The molecule has 0 atom stereocenters. The fourth-order valence-corrected chi connectivity index (χ4v) is 6.74. The first-order chi connectivity index (χ1) is 17.3. The molecule has 3 heterocycles. The van der Waals surface area contributed by atoms with E-state index in [1.165, 1.54) is 23.5 Å². The van der Waals surface area contributed by atoms with Crippen LogP contribution in [0, 0.1) is 0 Å². The summed E-state index contributed by atoms with van der Waals surface area (Å²) < 4.78 is 27.3. The van der Waals surface area contributed by atoms with Gasteiger partial charge in [0.1, 0.15) is 17.3 Å². The lowest BCUT2D eigenvalue weighted by Crippen LogP contribution is -2.52. The summed E-state index contributed by atoms with van der Waals surface area (Å²) in [5.74, 6) is -0.437. The lowest BCUT2D eigenvalue weighted by molar-refractivity contribution is -0.137. The number of piperazine rings is 1. The van der Waals surface area contributed by atoms with Crippen molar-refractivity contribution in [3.8, 4) is 0 Å². The van der Waals surface area contributed by atoms with Crippen LogP contribution in [0.2, 0.25) is 5.02 Å². The predicted octanol–water partition coefficient (Wildman–Crippen LogP) is 3.99. The van der Waals surface area contributed by atoms with Gasteiger partial charge in [0.05, 0.1) is 4.90 Å². The highest BCUT2D eigenvalue weighted by molar-refractivity contribution is 7.90. The van der Waals surface area contributed by atoms with Gasteiger partial charge in [-0.3, -0.25) is 9.59 Å². The summed E-state index contributed by atoms with van der Waals surface area (Å²) >= 11 is 7.34. The molecule has 1 saturated heterocycles. The monoisotopic (exact) mass is 542 g/mol. The van der Waals surface area contributed by atoms with Crippen molar-refractivity contribution in [3.05, 3.63) is 76.3 Å². The summed E-state index contributed by atoms with van der Waals surface area (Å²) in [6.45, 7) is 1.26. The maximum atomic E-state index is 12.8. The van der Waals surface area contributed by atoms with E-state index in [-0.39, 0.29) is 35.4 Å². The van der Waals surface area contributed by atoms with Gasteiger partial charge in [0.15, 0.2) is 9.84 Å². The number of halogens is 1. The van der Waals surface area contributed by atoms with Gasteiger partial charge in [-0.15, -0.1) is 11.3 Å². The zero-order valence-electron chi connectivity index (χ0n) is 19.2. The molecule has 2 aromatic heterocycles. The Morgan fingerprint density at radius 2 is 1.89 bits per heavy atom. The molecule has 0 bridgehead atoms. The summed E-state index contributed by atoms with van der Waals surface area (Å²) in [6.07, 6.45) is 3.79. The van der Waals surface area contributed by atoms with Gasteiger partial charge in [-0.05, 0) is 48.5 Å². The van der Waals surface area contributed by atoms with Crippen molar-refractivity contribution in [1.29, 1.82) is 0 Å². The van der Waals surface area contributed by atoms with E-state index in [0.717, 1.165) is 10.9 Å². The van der Waals surface area contributed by atoms with E-state index in [0.29, 0.717) is 35.4 Å². The topological polar surface area (TPSA) is 92.6 Å². The molecule has 0 N–H and O–H groups in total. The number of sulfone groups is 1. The van der Waals surface area contributed by atoms with Crippen molar-refractivity contribution in [2.24, 2.45) is 0 Å². The number of aromatic nitrogens is 2. The second-order valence-corrected chi connectivity index (χ2v) is 11.9. The van der Waals surface area contributed by atoms with Gasteiger partial charge in [0.2, 0.25) is 11.8 Å². The van der Waals surface area contributed by atoms with Crippen LogP contribution >= 0.6 is 22.9 Å². The standard InChI is InChI=1S/C25H23ClN4O4S2/c26-19-1-6-22-18(15-19)7-10-28(22)11-8-24(31)29-12-13-30(25(32)16-29)20-2-4-21(5-3-20)36(33,34)17-23-27-9-14-35-23/h1-7,9-10,14-15H,8,11-13,16-17H2. The minimum Gasteiger partial charge on any atom is -0.347 e. The zero-order chi connectivity index (χ0) is 25.3. The number of carbonyl (C=O) groups excluding carboxylic acids is 2. The van der Waals surface area contributed by atoms with Gasteiger partial charge in [0.25, 0.3) is 0 Å². The zero-order valence-corrected chi connectivity index (χ0v) is 21.6. The summed E-state index contributed by atoms with van der Waals surface area (Å²) in [7, 11) is -3.52. The summed E-state index contributed by atoms with van der Waals surface area (Å²) in [6, 6.07) is 13.9. The Balaban J connectivity index is 1.18. The second-order valence-electron chi connectivity index (χ2n) is 8.50. The number of anilines is 1. The van der Waals surface area contributed by atoms with Crippen LogP contribution in [0.4, 0.5) is 5.69 Å². The minimum atomic E-state index is -3.52. The SMILES string of the molecule is O=C(CCn1ccc2cc(Cl)ccc21)N1CCN(c2ccc(S(=O)(=O)Cc3nccs3)cc2)C(=O)C1. The molecule has 2 aromatic carbocycles. The predicted molar refractivity (Wildman–Crippen MR) is 140 cm³/mol. The minimum absolute atomic E-state index is 0.00896. The number of amides is 2. The molecule has 186 valence electrons. The average molecular weight is 543 g/mol. The van der Waals surface area contributed by atoms with Gasteiger partial charge in [-0.1, -0.05) is 11.6 Å². The third kappa shape index (κ3) is 5.16. The van der Waals surface area contributed by atoms with E-state index < -0.39 is 9.84 Å². The van der Waals surface area contributed by atoms with E-state index in [4.69, 9.17) is 11.6 Å². The first kappa shape index (κ1) is 24.5. The van der Waals surface area contributed by atoms with Crippen LogP contribution in [-0.2, 0) is 31.7 Å². The molecule has 4 aromatic rings. The molecule has 1 aliphatic rings. The number of hydrogen-bond donors (Lipinski definition) is 0. The van der Waals surface area contributed by atoms with Gasteiger partial charge < -0.3 is 14.4 Å². The number of hydrogen-bond acceptors (Lipinski definition) is 6. The van der Waals surface area contributed by atoms with E-state index in [9.17, 15) is 18.0 Å². The lowest BCUT2D eigenvalue weighted by Gasteiger charge is -2.34. The van der Waals surface area contributed by atoms with Crippen LogP contribution in [-0.4, -0.2) is 54.3 Å². The van der Waals surface area contributed by atoms with Crippen molar-refractivity contribution in [3.63, 3.8) is 0 Å². The number of benzene rings is 2. The Kier molecular flexibility index (Phi) is 6.83. The third-order valence-electron chi connectivity index (χ3n) is 6.18. The number of rotatable bonds is 7.